The fourth-order valence-corrected chi connectivity index (χ4v) is 2.40. The van der Waals surface area contributed by atoms with Gasteiger partial charge in [0.1, 0.15) is 12.1 Å². The van der Waals surface area contributed by atoms with E-state index in [1.165, 1.54) is 6.07 Å². The Bertz CT molecular complexity index is 513. The Balaban J connectivity index is 1.74. The molecule has 0 spiro atoms. The van der Waals surface area contributed by atoms with Crippen molar-refractivity contribution in [1.82, 2.24) is 5.32 Å². The number of halogens is 3. The van der Waals surface area contributed by atoms with E-state index in [4.69, 9.17) is 4.74 Å². The number of hydrogen-bond donors (Lipinski definition) is 1. The van der Waals surface area contributed by atoms with Crippen LogP contribution >= 0.6 is 0 Å². The lowest BCUT2D eigenvalue weighted by Crippen LogP contribution is -2.20. The lowest BCUT2D eigenvalue weighted by atomic mass is 10.1. The van der Waals surface area contributed by atoms with E-state index in [-0.39, 0.29) is 12.1 Å². The first-order valence-electron chi connectivity index (χ1n) is 6.12. The van der Waals surface area contributed by atoms with Gasteiger partial charge in [-0.2, -0.15) is 13.2 Å². The van der Waals surface area contributed by atoms with Crippen LogP contribution < -0.4 is 5.32 Å². The van der Waals surface area contributed by atoms with E-state index >= 15 is 0 Å². The van der Waals surface area contributed by atoms with Gasteiger partial charge >= 0.3 is 6.18 Å². The molecule has 1 N–H and O–H groups in total. The Labute approximate surface area is 108 Å². The molecule has 1 aromatic carbocycles. The van der Waals surface area contributed by atoms with Gasteiger partial charge in [-0.05, 0) is 11.6 Å². The summed E-state index contributed by atoms with van der Waals surface area (Å²) in [7, 11) is 0. The summed E-state index contributed by atoms with van der Waals surface area (Å²) in [5.41, 5.74) is -0.0630. The van der Waals surface area contributed by atoms with E-state index in [0.717, 1.165) is 25.2 Å². The van der Waals surface area contributed by atoms with Gasteiger partial charge < -0.3 is 10.1 Å². The van der Waals surface area contributed by atoms with Crippen molar-refractivity contribution in [3.05, 3.63) is 35.4 Å². The van der Waals surface area contributed by atoms with Crippen LogP contribution in [0.1, 0.15) is 11.1 Å². The van der Waals surface area contributed by atoms with E-state index in [1.54, 1.807) is 6.07 Å². The number of nitrogens with zero attached hydrogens (tertiary/aromatic N) is 1. The Hall–Kier alpha value is -1.56. The van der Waals surface area contributed by atoms with Crippen LogP contribution in [0.4, 0.5) is 13.2 Å². The molecule has 0 aliphatic carbocycles. The molecule has 102 valence electrons. The second kappa shape index (κ2) is 4.52. The van der Waals surface area contributed by atoms with Crippen LogP contribution in [-0.2, 0) is 17.3 Å². The summed E-state index contributed by atoms with van der Waals surface area (Å²) < 4.78 is 43.4. The average Bonchev–Trinajstić information content (AvgIpc) is 2.88. The molecule has 3 rings (SSSR count). The van der Waals surface area contributed by atoms with Gasteiger partial charge in [0.2, 0.25) is 0 Å². The van der Waals surface area contributed by atoms with Crippen molar-refractivity contribution in [3.63, 3.8) is 0 Å². The zero-order chi connectivity index (χ0) is 13.5. The maximum atomic E-state index is 12.6. The molecule has 2 aliphatic heterocycles. The van der Waals surface area contributed by atoms with Gasteiger partial charge in [-0.15, -0.1) is 0 Å². The van der Waals surface area contributed by atoms with Gasteiger partial charge in [-0.1, -0.05) is 18.2 Å². The molecule has 1 aromatic rings. The van der Waals surface area contributed by atoms with E-state index < -0.39 is 11.7 Å². The first-order chi connectivity index (χ1) is 9.02. The summed E-state index contributed by atoms with van der Waals surface area (Å²) >= 11 is 0. The molecule has 3 nitrogen and oxygen atoms in total. The Morgan fingerprint density at radius 3 is 2.89 bits per heavy atom. The number of nitrogens with one attached hydrogen (secondary N) is 1. The van der Waals surface area contributed by atoms with Gasteiger partial charge in [0.15, 0.2) is 5.90 Å². The van der Waals surface area contributed by atoms with Crippen LogP contribution in [0.25, 0.3) is 0 Å². The smallest absolute Gasteiger partial charge is 0.416 e. The highest BCUT2D eigenvalue weighted by Gasteiger charge is 2.35. The Morgan fingerprint density at radius 1 is 1.32 bits per heavy atom. The van der Waals surface area contributed by atoms with Crippen LogP contribution in [0.3, 0.4) is 0 Å². The van der Waals surface area contributed by atoms with E-state index in [0.29, 0.717) is 17.9 Å². The number of hydrogen-bond acceptors (Lipinski definition) is 3. The Kier molecular flexibility index (Phi) is 2.97. The van der Waals surface area contributed by atoms with Crippen molar-refractivity contribution in [2.24, 2.45) is 4.99 Å². The summed E-state index contributed by atoms with van der Waals surface area (Å²) in [5.74, 6) is 0.538. The quantitative estimate of drug-likeness (QED) is 0.892. The number of benzene rings is 1. The Morgan fingerprint density at radius 2 is 2.16 bits per heavy atom. The molecule has 1 fully saturated rings. The molecule has 1 saturated heterocycles. The molecule has 6 heteroatoms. The minimum absolute atomic E-state index is 0.0424. The molecule has 0 aromatic heterocycles. The van der Waals surface area contributed by atoms with Gasteiger partial charge in [0, 0.05) is 19.5 Å². The van der Waals surface area contributed by atoms with Crippen LogP contribution in [0, 0.1) is 0 Å². The van der Waals surface area contributed by atoms with Gasteiger partial charge in [0.25, 0.3) is 0 Å². The predicted octanol–water partition coefficient (Wildman–Crippen LogP) is 2.02. The van der Waals surface area contributed by atoms with Crippen molar-refractivity contribution >= 4 is 5.90 Å². The summed E-state index contributed by atoms with van der Waals surface area (Å²) in [5, 5.41) is 3.16. The molecule has 19 heavy (non-hydrogen) atoms. The highest BCUT2D eigenvalue weighted by atomic mass is 19.4. The fraction of sp³-hybridized carbons (Fsp3) is 0.462. The molecule has 0 amide bonds. The third-order valence-electron chi connectivity index (χ3n) is 3.34. The summed E-state index contributed by atoms with van der Waals surface area (Å²) in [4.78, 5) is 4.39. The molecular formula is C13H13F3N2O. The standard InChI is InChI=1S/C13H13F3N2O/c14-13(15,16)9-3-1-2-8(4-9)5-12-18-10-6-17-7-11(10)19-12/h1-4,10-11,17H,5-7H2. The SMILES string of the molecule is FC(F)(F)c1cccc(CC2=NC3CNCC3O2)c1. The third-order valence-corrected chi connectivity index (χ3v) is 3.34. The van der Waals surface area contributed by atoms with Crippen LogP contribution in [0.5, 0.6) is 0 Å². The van der Waals surface area contributed by atoms with Crippen molar-refractivity contribution in [1.29, 1.82) is 0 Å². The molecule has 2 heterocycles. The molecule has 0 bridgehead atoms. The first-order valence-corrected chi connectivity index (χ1v) is 6.12. The number of rotatable bonds is 2. The zero-order valence-corrected chi connectivity index (χ0v) is 10.1. The highest BCUT2D eigenvalue weighted by Crippen LogP contribution is 2.30. The lowest BCUT2D eigenvalue weighted by molar-refractivity contribution is -0.137. The average molecular weight is 270 g/mol. The van der Waals surface area contributed by atoms with E-state index in [1.807, 2.05) is 0 Å². The molecule has 2 atom stereocenters. The van der Waals surface area contributed by atoms with Crippen molar-refractivity contribution in [3.8, 4) is 0 Å². The zero-order valence-electron chi connectivity index (χ0n) is 10.1. The lowest BCUT2D eigenvalue weighted by Gasteiger charge is -2.10. The van der Waals surface area contributed by atoms with E-state index in [9.17, 15) is 13.2 Å². The summed E-state index contributed by atoms with van der Waals surface area (Å²) in [6.45, 7) is 1.52. The maximum Gasteiger partial charge on any atom is 0.416 e. The largest absolute Gasteiger partial charge is 0.474 e. The minimum Gasteiger partial charge on any atom is -0.474 e. The second-order valence-corrected chi connectivity index (χ2v) is 4.78. The first kappa shape index (κ1) is 12.5. The number of ether oxygens (including phenoxy) is 1. The fourth-order valence-electron chi connectivity index (χ4n) is 2.40. The molecule has 0 radical (unpaired) electrons. The topological polar surface area (TPSA) is 33.6 Å². The predicted molar refractivity (Wildman–Crippen MR) is 64.1 cm³/mol. The third kappa shape index (κ3) is 2.58. The van der Waals surface area contributed by atoms with Crippen molar-refractivity contribution in [2.75, 3.05) is 13.1 Å². The van der Waals surface area contributed by atoms with Crippen molar-refractivity contribution < 1.29 is 17.9 Å². The second-order valence-electron chi connectivity index (χ2n) is 4.78. The van der Waals surface area contributed by atoms with Crippen LogP contribution in [0.15, 0.2) is 29.3 Å². The highest BCUT2D eigenvalue weighted by molar-refractivity contribution is 5.80. The number of alkyl halides is 3. The monoisotopic (exact) mass is 270 g/mol. The number of aliphatic imine (C=N–C) groups is 1. The van der Waals surface area contributed by atoms with Gasteiger partial charge in [-0.3, -0.25) is 0 Å². The summed E-state index contributed by atoms with van der Waals surface area (Å²) in [6.07, 6.45) is -3.95. The molecular weight excluding hydrogens is 257 g/mol. The molecule has 0 saturated carbocycles. The van der Waals surface area contributed by atoms with Crippen LogP contribution in [-0.4, -0.2) is 31.1 Å². The molecule has 2 unspecified atom stereocenters. The maximum absolute atomic E-state index is 12.6. The van der Waals surface area contributed by atoms with E-state index in [2.05, 4.69) is 10.3 Å². The van der Waals surface area contributed by atoms with Crippen LogP contribution in [0.2, 0.25) is 0 Å². The number of fused-ring (bicyclic) bond motifs is 1. The molecule has 2 aliphatic rings. The van der Waals surface area contributed by atoms with Crippen molar-refractivity contribution in [2.45, 2.75) is 24.7 Å². The normalized spacial score (nSPS) is 25.9. The summed E-state index contributed by atoms with van der Waals surface area (Å²) in [6, 6.07) is 5.40. The van der Waals surface area contributed by atoms with Gasteiger partial charge in [-0.25, -0.2) is 4.99 Å². The minimum atomic E-state index is -4.31. The van der Waals surface area contributed by atoms with Gasteiger partial charge in [0.05, 0.1) is 5.56 Å².